The van der Waals surface area contributed by atoms with Crippen LogP contribution in [0.15, 0.2) is 35.9 Å². The summed E-state index contributed by atoms with van der Waals surface area (Å²) in [6.45, 7) is 6.48. The van der Waals surface area contributed by atoms with Gasteiger partial charge in [-0.1, -0.05) is 42.8 Å². The lowest BCUT2D eigenvalue weighted by Crippen LogP contribution is -2.15. The fraction of sp³-hybridized carbons (Fsp3) is 0.429. The SMILES string of the molecule is CCc1ccccc1C(C=C(C)C)NC. The summed E-state index contributed by atoms with van der Waals surface area (Å²) in [6, 6.07) is 8.97. The first-order chi connectivity index (χ1) is 7.19. The second kappa shape index (κ2) is 5.72. The molecular formula is C14H21N. The van der Waals surface area contributed by atoms with E-state index in [1.54, 1.807) is 0 Å². The predicted octanol–water partition coefficient (Wildman–Crippen LogP) is 3.48. The van der Waals surface area contributed by atoms with Gasteiger partial charge in [0.2, 0.25) is 0 Å². The van der Waals surface area contributed by atoms with Crippen molar-refractivity contribution in [2.24, 2.45) is 0 Å². The second-order valence-electron chi connectivity index (χ2n) is 4.06. The molecule has 1 aromatic carbocycles. The fourth-order valence-electron chi connectivity index (χ4n) is 1.82. The fourth-order valence-corrected chi connectivity index (χ4v) is 1.82. The Labute approximate surface area is 93.2 Å². The Morgan fingerprint density at radius 1 is 1.33 bits per heavy atom. The summed E-state index contributed by atoms with van der Waals surface area (Å²) in [7, 11) is 2.01. The van der Waals surface area contributed by atoms with Gasteiger partial charge in [-0.3, -0.25) is 0 Å². The van der Waals surface area contributed by atoms with Gasteiger partial charge in [-0.25, -0.2) is 0 Å². The first-order valence-corrected chi connectivity index (χ1v) is 5.59. The van der Waals surface area contributed by atoms with Gasteiger partial charge in [0.15, 0.2) is 0 Å². The number of nitrogens with one attached hydrogen (secondary N) is 1. The zero-order valence-corrected chi connectivity index (χ0v) is 10.2. The van der Waals surface area contributed by atoms with Crippen LogP contribution in [0.1, 0.15) is 37.9 Å². The Morgan fingerprint density at radius 2 is 2.00 bits per heavy atom. The Hall–Kier alpha value is -1.08. The number of likely N-dealkylation sites (N-methyl/N-ethyl adjacent to an activating group) is 1. The van der Waals surface area contributed by atoms with E-state index in [-0.39, 0.29) is 0 Å². The number of hydrogen-bond donors (Lipinski definition) is 1. The van der Waals surface area contributed by atoms with Gasteiger partial charge in [0.1, 0.15) is 0 Å². The summed E-state index contributed by atoms with van der Waals surface area (Å²) in [4.78, 5) is 0. The van der Waals surface area contributed by atoms with E-state index in [1.807, 2.05) is 7.05 Å². The maximum absolute atomic E-state index is 3.35. The van der Waals surface area contributed by atoms with Crippen LogP contribution in [-0.4, -0.2) is 7.05 Å². The minimum atomic E-state index is 0.339. The lowest BCUT2D eigenvalue weighted by atomic mass is 9.97. The summed E-state index contributed by atoms with van der Waals surface area (Å²) in [5.74, 6) is 0. The smallest absolute Gasteiger partial charge is 0.0508 e. The summed E-state index contributed by atoms with van der Waals surface area (Å²) in [5, 5.41) is 3.35. The van der Waals surface area contributed by atoms with Gasteiger partial charge in [-0.05, 0) is 38.4 Å². The Morgan fingerprint density at radius 3 is 2.53 bits per heavy atom. The first kappa shape index (κ1) is 12.0. The molecule has 1 nitrogen and oxygen atoms in total. The van der Waals surface area contributed by atoms with E-state index < -0.39 is 0 Å². The highest BCUT2D eigenvalue weighted by molar-refractivity contribution is 5.33. The predicted molar refractivity (Wildman–Crippen MR) is 67.1 cm³/mol. The van der Waals surface area contributed by atoms with Gasteiger partial charge in [0.05, 0.1) is 6.04 Å². The highest BCUT2D eigenvalue weighted by Crippen LogP contribution is 2.20. The van der Waals surface area contributed by atoms with Crippen molar-refractivity contribution in [2.75, 3.05) is 7.05 Å². The van der Waals surface area contributed by atoms with Gasteiger partial charge in [-0.2, -0.15) is 0 Å². The average Bonchev–Trinajstić information content (AvgIpc) is 2.25. The molecule has 1 aromatic rings. The van der Waals surface area contributed by atoms with Crippen molar-refractivity contribution in [2.45, 2.75) is 33.2 Å². The number of benzene rings is 1. The van der Waals surface area contributed by atoms with E-state index in [9.17, 15) is 0 Å². The maximum atomic E-state index is 3.35. The first-order valence-electron chi connectivity index (χ1n) is 5.59. The normalized spacial score (nSPS) is 12.3. The van der Waals surface area contributed by atoms with Gasteiger partial charge < -0.3 is 5.32 Å². The molecule has 1 N–H and O–H groups in total. The Balaban J connectivity index is 3.06. The van der Waals surface area contributed by atoms with Crippen molar-refractivity contribution >= 4 is 0 Å². The molecule has 0 heterocycles. The third-order valence-electron chi connectivity index (χ3n) is 2.58. The lowest BCUT2D eigenvalue weighted by Gasteiger charge is -2.16. The summed E-state index contributed by atoms with van der Waals surface area (Å²) in [6.07, 6.45) is 3.36. The van der Waals surface area contributed by atoms with Crippen LogP contribution < -0.4 is 5.32 Å². The molecule has 1 rings (SSSR count). The van der Waals surface area contributed by atoms with Crippen molar-refractivity contribution in [3.05, 3.63) is 47.0 Å². The van der Waals surface area contributed by atoms with Crippen LogP contribution in [0, 0.1) is 0 Å². The molecule has 1 unspecified atom stereocenters. The molecule has 0 bridgehead atoms. The monoisotopic (exact) mass is 203 g/mol. The van der Waals surface area contributed by atoms with Crippen LogP contribution >= 0.6 is 0 Å². The highest BCUT2D eigenvalue weighted by atomic mass is 14.9. The van der Waals surface area contributed by atoms with Gasteiger partial charge in [0.25, 0.3) is 0 Å². The molecule has 0 radical (unpaired) electrons. The second-order valence-corrected chi connectivity index (χ2v) is 4.06. The molecule has 0 aliphatic rings. The standard InChI is InChI=1S/C14H21N/c1-5-12-8-6-7-9-13(12)14(15-4)10-11(2)3/h6-10,14-15H,5H2,1-4H3. The molecule has 0 saturated heterocycles. The maximum Gasteiger partial charge on any atom is 0.0508 e. The quantitative estimate of drug-likeness (QED) is 0.739. The largest absolute Gasteiger partial charge is 0.310 e. The van der Waals surface area contributed by atoms with Crippen molar-refractivity contribution < 1.29 is 0 Å². The molecule has 0 amide bonds. The van der Waals surface area contributed by atoms with Crippen LogP contribution in [-0.2, 0) is 6.42 Å². The minimum Gasteiger partial charge on any atom is -0.310 e. The van der Waals surface area contributed by atoms with Crippen molar-refractivity contribution in [3.8, 4) is 0 Å². The zero-order chi connectivity index (χ0) is 11.3. The Kier molecular flexibility index (Phi) is 4.57. The van der Waals surface area contributed by atoms with E-state index in [0.717, 1.165) is 6.42 Å². The number of rotatable bonds is 4. The highest BCUT2D eigenvalue weighted by Gasteiger charge is 2.08. The molecule has 0 aliphatic heterocycles. The molecular weight excluding hydrogens is 182 g/mol. The number of hydrogen-bond acceptors (Lipinski definition) is 1. The van der Waals surface area contributed by atoms with Crippen LogP contribution in [0.2, 0.25) is 0 Å². The lowest BCUT2D eigenvalue weighted by molar-refractivity contribution is 0.701. The van der Waals surface area contributed by atoms with E-state index in [1.165, 1.54) is 16.7 Å². The zero-order valence-electron chi connectivity index (χ0n) is 10.2. The third-order valence-corrected chi connectivity index (χ3v) is 2.58. The summed E-state index contributed by atoms with van der Waals surface area (Å²) >= 11 is 0. The third kappa shape index (κ3) is 3.21. The van der Waals surface area contributed by atoms with Crippen molar-refractivity contribution in [1.29, 1.82) is 0 Å². The molecule has 0 aromatic heterocycles. The average molecular weight is 203 g/mol. The summed E-state index contributed by atoms with van der Waals surface area (Å²) in [5.41, 5.74) is 4.17. The van der Waals surface area contributed by atoms with E-state index in [2.05, 4.69) is 56.4 Å². The van der Waals surface area contributed by atoms with Gasteiger partial charge in [-0.15, -0.1) is 0 Å². The number of aryl methyl sites for hydroxylation is 1. The van der Waals surface area contributed by atoms with Crippen molar-refractivity contribution in [1.82, 2.24) is 5.32 Å². The van der Waals surface area contributed by atoms with E-state index in [4.69, 9.17) is 0 Å². The molecule has 0 spiro atoms. The molecule has 0 fully saturated rings. The topological polar surface area (TPSA) is 12.0 Å². The Bertz CT molecular complexity index is 335. The van der Waals surface area contributed by atoms with Crippen LogP contribution in [0.5, 0.6) is 0 Å². The van der Waals surface area contributed by atoms with Gasteiger partial charge in [0, 0.05) is 0 Å². The van der Waals surface area contributed by atoms with E-state index >= 15 is 0 Å². The molecule has 0 saturated carbocycles. The minimum absolute atomic E-state index is 0.339. The number of allylic oxidation sites excluding steroid dienone is 1. The van der Waals surface area contributed by atoms with Crippen LogP contribution in [0.3, 0.4) is 0 Å². The summed E-state index contributed by atoms with van der Waals surface area (Å²) < 4.78 is 0. The van der Waals surface area contributed by atoms with Crippen LogP contribution in [0.25, 0.3) is 0 Å². The molecule has 1 atom stereocenters. The molecule has 15 heavy (non-hydrogen) atoms. The van der Waals surface area contributed by atoms with E-state index in [0.29, 0.717) is 6.04 Å². The molecule has 0 aliphatic carbocycles. The van der Waals surface area contributed by atoms with Crippen LogP contribution in [0.4, 0.5) is 0 Å². The molecule has 1 heteroatoms. The van der Waals surface area contributed by atoms with Crippen molar-refractivity contribution in [3.63, 3.8) is 0 Å². The van der Waals surface area contributed by atoms with Gasteiger partial charge >= 0.3 is 0 Å². The molecule has 82 valence electrons.